The van der Waals surface area contributed by atoms with Crippen LogP contribution in [0.2, 0.25) is 18.1 Å². The van der Waals surface area contributed by atoms with Crippen molar-refractivity contribution in [2.75, 3.05) is 33.5 Å². The number of methoxy groups -OCH3 is 1. The second-order valence-corrected chi connectivity index (χ2v) is 17.7. The minimum absolute atomic E-state index is 0.00602. The Balaban J connectivity index is 3.50. The Bertz CT molecular complexity index is 822. The zero-order chi connectivity index (χ0) is 28.8. The Morgan fingerprint density at radius 1 is 1.08 bits per heavy atom. The molecule has 0 saturated carbocycles. The van der Waals surface area contributed by atoms with Gasteiger partial charge >= 0.3 is 12.2 Å². The molecule has 1 unspecified atom stereocenters. The van der Waals surface area contributed by atoms with Crippen LogP contribution in [-0.4, -0.2) is 87.2 Å². The lowest BCUT2D eigenvalue weighted by atomic mass is 9.98. The molecule has 2 atom stereocenters. The molecule has 0 bridgehead atoms. The van der Waals surface area contributed by atoms with Crippen molar-refractivity contribution in [3.05, 3.63) is 24.3 Å². The van der Waals surface area contributed by atoms with Gasteiger partial charge in [0.15, 0.2) is 8.32 Å². The Morgan fingerprint density at radius 2 is 1.65 bits per heavy atom. The maximum absolute atomic E-state index is 13.4. The molecule has 0 fully saturated rings. The van der Waals surface area contributed by atoms with Crippen LogP contribution in [0.15, 0.2) is 24.3 Å². The quantitative estimate of drug-likeness (QED) is 0.203. The van der Waals surface area contributed by atoms with Crippen LogP contribution in [0.4, 0.5) is 9.59 Å². The lowest BCUT2D eigenvalue weighted by molar-refractivity contribution is -0.161. The van der Waals surface area contributed by atoms with E-state index in [1.165, 1.54) is 5.06 Å². The topological polar surface area (TPSA) is 86.8 Å². The van der Waals surface area contributed by atoms with Gasteiger partial charge in [0, 0.05) is 7.11 Å². The normalized spacial score (nSPS) is 19.2. The molecule has 0 radical (unpaired) electrons. The fourth-order valence-corrected chi connectivity index (χ4v) is 4.33. The van der Waals surface area contributed by atoms with Gasteiger partial charge in [0.2, 0.25) is 0 Å². The first-order chi connectivity index (χ1) is 16.7. The van der Waals surface area contributed by atoms with Crippen LogP contribution < -0.4 is 0 Å². The third kappa shape index (κ3) is 10.4. The Labute approximate surface area is 225 Å². The molecule has 1 heterocycles. The van der Waals surface area contributed by atoms with Gasteiger partial charge in [-0.15, -0.1) is 6.58 Å². The Kier molecular flexibility index (Phi) is 11.4. The maximum atomic E-state index is 13.4. The van der Waals surface area contributed by atoms with Crippen molar-refractivity contribution in [2.45, 2.75) is 104 Å². The number of ether oxygens (including phenoxy) is 3. The van der Waals surface area contributed by atoms with Gasteiger partial charge in [0.05, 0.1) is 32.4 Å². The first-order valence-electron chi connectivity index (χ1n) is 12.8. The third-order valence-electron chi connectivity index (χ3n) is 6.15. The Hall–Kier alpha value is -1.88. The fraction of sp³-hybridized carbons (Fsp3) is 0.778. The molecule has 37 heavy (non-hydrogen) atoms. The molecule has 0 spiro atoms. The summed E-state index contributed by atoms with van der Waals surface area (Å²) < 4.78 is 23.3. The summed E-state index contributed by atoms with van der Waals surface area (Å²) in [5.41, 5.74) is -0.657. The van der Waals surface area contributed by atoms with E-state index in [0.717, 1.165) is 5.57 Å². The number of carbonyl (C=O) groups is 2. The minimum Gasteiger partial charge on any atom is -0.444 e. The van der Waals surface area contributed by atoms with Gasteiger partial charge in [0.1, 0.15) is 17.2 Å². The third-order valence-corrected chi connectivity index (χ3v) is 10.7. The van der Waals surface area contributed by atoms with Crippen molar-refractivity contribution < 1.29 is 33.1 Å². The minimum atomic E-state index is -2.10. The van der Waals surface area contributed by atoms with Crippen molar-refractivity contribution in [2.24, 2.45) is 0 Å². The van der Waals surface area contributed by atoms with E-state index in [2.05, 4.69) is 40.4 Å². The number of hydrogen-bond donors (Lipinski definition) is 0. The highest BCUT2D eigenvalue weighted by molar-refractivity contribution is 6.74. The van der Waals surface area contributed by atoms with Gasteiger partial charge in [-0.25, -0.2) is 9.59 Å². The van der Waals surface area contributed by atoms with Crippen LogP contribution in [0.3, 0.4) is 0 Å². The van der Waals surface area contributed by atoms with Crippen LogP contribution in [0.5, 0.6) is 0 Å². The molecule has 2 amide bonds. The summed E-state index contributed by atoms with van der Waals surface area (Å²) in [5.74, 6) is 0. The monoisotopic (exact) mass is 542 g/mol. The predicted octanol–water partition coefficient (Wildman–Crippen LogP) is 5.92. The average molecular weight is 543 g/mol. The van der Waals surface area contributed by atoms with Gasteiger partial charge in [-0.2, -0.15) is 5.06 Å². The lowest BCUT2D eigenvalue weighted by Crippen LogP contribution is -2.58. The highest BCUT2D eigenvalue weighted by Crippen LogP contribution is 2.37. The molecule has 1 aliphatic rings. The molecule has 0 N–H and O–H groups in total. The average Bonchev–Trinajstić information content (AvgIpc) is 2.70. The van der Waals surface area contributed by atoms with Crippen LogP contribution in [0, 0.1) is 0 Å². The van der Waals surface area contributed by atoms with Crippen LogP contribution in [-0.2, 0) is 23.5 Å². The molecular weight excluding hydrogens is 492 g/mol. The number of hydroxylamine groups is 2. The first kappa shape index (κ1) is 33.1. The van der Waals surface area contributed by atoms with E-state index in [-0.39, 0.29) is 24.8 Å². The number of rotatable bonds is 9. The van der Waals surface area contributed by atoms with E-state index in [1.54, 1.807) is 38.9 Å². The van der Waals surface area contributed by atoms with Gasteiger partial charge in [-0.05, 0) is 65.2 Å². The van der Waals surface area contributed by atoms with Crippen LogP contribution in [0.1, 0.15) is 62.3 Å². The standard InChI is InChI=1S/C27H50N2O7Si/c1-14-15-33-29(24(31)36-26(5,6)7)22-17-28(23(30)35-25(2,3)4)21(16-20(22)18-32-11)19-34-37(12,13)27(8,9)10/h14,16,21-22H,1,15,17-19H2,2-13H3/t21-,22?/m0/s1. The van der Waals surface area contributed by atoms with E-state index < -0.39 is 43.8 Å². The number of amides is 2. The molecular formula is C27H50N2O7Si. The highest BCUT2D eigenvalue weighted by atomic mass is 28.4. The summed E-state index contributed by atoms with van der Waals surface area (Å²) >= 11 is 0. The summed E-state index contributed by atoms with van der Waals surface area (Å²) in [5, 5.41) is 1.17. The molecule has 0 aromatic heterocycles. The van der Waals surface area contributed by atoms with Gasteiger partial charge in [-0.3, -0.25) is 9.74 Å². The molecule has 9 nitrogen and oxygen atoms in total. The maximum Gasteiger partial charge on any atom is 0.435 e. The van der Waals surface area contributed by atoms with Crippen LogP contribution >= 0.6 is 0 Å². The predicted molar refractivity (Wildman–Crippen MR) is 148 cm³/mol. The highest BCUT2D eigenvalue weighted by Gasteiger charge is 2.43. The number of carbonyl (C=O) groups excluding carboxylic acids is 2. The number of hydrogen-bond acceptors (Lipinski definition) is 7. The Morgan fingerprint density at radius 3 is 2.11 bits per heavy atom. The van der Waals surface area contributed by atoms with E-state index >= 15 is 0 Å². The molecule has 1 aliphatic heterocycles. The van der Waals surface area contributed by atoms with Crippen molar-refractivity contribution >= 4 is 20.5 Å². The summed E-state index contributed by atoms with van der Waals surface area (Å²) in [4.78, 5) is 34.0. The molecule has 0 saturated heterocycles. The molecule has 214 valence electrons. The van der Waals surface area contributed by atoms with Gasteiger partial charge in [0.25, 0.3) is 0 Å². The molecule has 10 heteroatoms. The first-order valence-corrected chi connectivity index (χ1v) is 15.7. The van der Waals surface area contributed by atoms with E-state index in [4.69, 9.17) is 23.5 Å². The molecule has 1 rings (SSSR count). The summed E-state index contributed by atoms with van der Waals surface area (Å²) in [6.45, 7) is 26.1. The summed E-state index contributed by atoms with van der Waals surface area (Å²) in [6, 6.07) is -1.07. The van der Waals surface area contributed by atoms with E-state index in [0.29, 0.717) is 6.61 Å². The van der Waals surface area contributed by atoms with Crippen molar-refractivity contribution in [1.29, 1.82) is 0 Å². The summed E-state index contributed by atoms with van der Waals surface area (Å²) in [6.07, 6.45) is 2.30. The van der Waals surface area contributed by atoms with Crippen LogP contribution in [0.25, 0.3) is 0 Å². The molecule has 0 aliphatic carbocycles. The van der Waals surface area contributed by atoms with Crippen molar-refractivity contribution in [3.8, 4) is 0 Å². The van der Waals surface area contributed by atoms with Crippen molar-refractivity contribution in [1.82, 2.24) is 9.96 Å². The summed E-state index contributed by atoms with van der Waals surface area (Å²) in [7, 11) is -0.516. The number of nitrogens with zero attached hydrogens (tertiary/aromatic N) is 2. The largest absolute Gasteiger partial charge is 0.444 e. The zero-order valence-corrected chi connectivity index (χ0v) is 26.1. The van der Waals surface area contributed by atoms with Crippen molar-refractivity contribution in [3.63, 3.8) is 0 Å². The SMILES string of the molecule is C=CCON(C(=O)OC(C)(C)C)C1CN(C(=O)OC(C)(C)C)[C@H](CO[Si](C)(C)C(C)(C)C)C=C1COC. The van der Waals surface area contributed by atoms with E-state index in [1.807, 2.05) is 26.8 Å². The lowest BCUT2D eigenvalue weighted by Gasteiger charge is -2.44. The molecule has 0 aromatic carbocycles. The smallest absolute Gasteiger partial charge is 0.435 e. The van der Waals surface area contributed by atoms with Gasteiger partial charge < -0.3 is 18.6 Å². The van der Waals surface area contributed by atoms with E-state index in [9.17, 15) is 9.59 Å². The molecule has 0 aromatic rings. The zero-order valence-electron chi connectivity index (χ0n) is 25.1. The second-order valence-electron chi connectivity index (χ2n) is 12.9. The second kappa shape index (κ2) is 12.8. The van der Waals surface area contributed by atoms with Gasteiger partial charge in [-0.1, -0.05) is 32.9 Å². The fourth-order valence-electron chi connectivity index (χ4n) is 3.31.